The molecule has 1 N–H and O–H groups in total. The van der Waals surface area contributed by atoms with Gasteiger partial charge in [-0.3, -0.25) is 0 Å². The molecule has 1 aromatic rings. The molecular weight excluding hydrogens is 170 g/mol. The molecule has 0 bridgehead atoms. The minimum atomic E-state index is 0.589. The molecule has 1 aromatic carbocycles. The molecule has 1 heteroatoms. The highest BCUT2D eigenvalue weighted by Crippen LogP contribution is 2.29. The van der Waals surface area contributed by atoms with E-state index in [0.717, 1.165) is 12.5 Å². The lowest BCUT2D eigenvalue weighted by molar-refractivity contribution is 0.609. The first kappa shape index (κ1) is 9.72. The fraction of sp³-hybridized carbons (Fsp3) is 0.538. The average Bonchev–Trinajstić information content (AvgIpc) is 2.51. The Kier molecular flexibility index (Phi) is 2.60. The second-order valence-electron chi connectivity index (χ2n) is 4.66. The maximum Gasteiger partial charge on any atom is 0.0325 e. The van der Waals surface area contributed by atoms with Gasteiger partial charge in [-0.25, -0.2) is 0 Å². The zero-order chi connectivity index (χ0) is 10.1. The molecule has 2 atom stereocenters. The Hall–Kier alpha value is -0.820. The number of benzene rings is 1. The molecule has 0 saturated carbocycles. The van der Waals surface area contributed by atoms with Crippen LogP contribution in [0, 0.1) is 19.8 Å². The van der Waals surface area contributed by atoms with Crippen molar-refractivity contribution in [2.45, 2.75) is 33.2 Å². The molecule has 14 heavy (non-hydrogen) atoms. The normalized spacial score (nSPS) is 26.8. The molecule has 2 rings (SSSR count). The number of rotatable bonds is 1. The van der Waals surface area contributed by atoms with Crippen molar-refractivity contribution in [3.63, 3.8) is 0 Å². The summed E-state index contributed by atoms with van der Waals surface area (Å²) in [7, 11) is 0. The molecule has 0 amide bonds. The topological polar surface area (TPSA) is 12.0 Å². The molecule has 1 saturated heterocycles. The summed E-state index contributed by atoms with van der Waals surface area (Å²) in [6, 6.07) is 7.36. The van der Waals surface area contributed by atoms with Gasteiger partial charge in [-0.2, -0.15) is 0 Å². The third kappa shape index (κ3) is 1.83. The number of aryl methyl sites for hydroxylation is 2. The van der Waals surface area contributed by atoms with E-state index in [1.165, 1.54) is 23.1 Å². The van der Waals surface area contributed by atoms with Crippen LogP contribution in [0.2, 0.25) is 0 Å². The minimum Gasteiger partial charge on any atom is -0.310 e. The zero-order valence-corrected chi connectivity index (χ0v) is 9.30. The van der Waals surface area contributed by atoms with Crippen LogP contribution in [-0.4, -0.2) is 6.54 Å². The zero-order valence-electron chi connectivity index (χ0n) is 9.30. The Bertz CT molecular complexity index is 330. The molecule has 1 heterocycles. The Morgan fingerprint density at radius 3 is 2.64 bits per heavy atom. The van der Waals surface area contributed by atoms with E-state index in [2.05, 4.69) is 44.3 Å². The molecule has 0 aromatic heterocycles. The fourth-order valence-electron chi connectivity index (χ4n) is 2.37. The van der Waals surface area contributed by atoms with E-state index in [-0.39, 0.29) is 0 Å². The standard InChI is InChI=1S/C13H19N/c1-9-4-5-12(11(3)6-9)13-7-10(2)8-14-13/h4-6,10,13-14H,7-8H2,1-3H3/t10-,13+/m1/s1. The summed E-state index contributed by atoms with van der Waals surface area (Å²) in [6.07, 6.45) is 1.28. The minimum absolute atomic E-state index is 0.589. The van der Waals surface area contributed by atoms with Crippen LogP contribution >= 0.6 is 0 Å². The third-order valence-corrected chi connectivity index (χ3v) is 3.15. The molecule has 0 unspecified atom stereocenters. The lowest BCUT2D eigenvalue weighted by atomic mass is 9.96. The highest BCUT2D eigenvalue weighted by atomic mass is 14.9. The summed E-state index contributed by atoms with van der Waals surface area (Å²) < 4.78 is 0. The summed E-state index contributed by atoms with van der Waals surface area (Å²) in [5, 5.41) is 3.58. The first-order valence-electron chi connectivity index (χ1n) is 5.47. The van der Waals surface area contributed by atoms with E-state index in [1.807, 2.05) is 0 Å². The lowest BCUT2D eigenvalue weighted by Gasteiger charge is -2.14. The van der Waals surface area contributed by atoms with Crippen molar-refractivity contribution in [2.75, 3.05) is 6.54 Å². The van der Waals surface area contributed by atoms with E-state index < -0.39 is 0 Å². The Balaban J connectivity index is 2.24. The monoisotopic (exact) mass is 189 g/mol. The summed E-state index contributed by atoms with van der Waals surface area (Å²) in [4.78, 5) is 0. The van der Waals surface area contributed by atoms with Crippen molar-refractivity contribution in [1.82, 2.24) is 5.32 Å². The van der Waals surface area contributed by atoms with Crippen molar-refractivity contribution < 1.29 is 0 Å². The lowest BCUT2D eigenvalue weighted by Crippen LogP contribution is -2.14. The van der Waals surface area contributed by atoms with Crippen LogP contribution < -0.4 is 5.32 Å². The van der Waals surface area contributed by atoms with Crippen LogP contribution in [0.15, 0.2) is 18.2 Å². The SMILES string of the molecule is Cc1ccc([C@@H]2C[C@@H](C)CN2)c(C)c1. The first-order chi connectivity index (χ1) is 6.66. The van der Waals surface area contributed by atoms with Crippen molar-refractivity contribution in [3.8, 4) is 0 Å². The fourth-order valence-corrected chi connectivity index (χ4v) is 2.37. The molecule has 0 spiro atoms. The van der Waals surface area contributed by atoms with Crippen LogP contribution in [-0.2, 0) is 0 Å². The number of nitrogens with one attached hydrogen (secondary N) is 1. The van der Waals surface area contributed by atoms with Gasteiger partial charge in [-0.05, 0) is 43.9 Å². The molecule has 0 aliphatic carbocycles. The second kappa shape index (κ2) is 3.74. The van der Waals surface area contributed by atoms with E-state index in [0.29, 0.717) is 6.04 Å². The maximum atomic E-state index is 3.58. The third-order valence-electron chi connectivity index (χ3n) is 3.15. The van der Waals surface area contributed by atoms with Crippen molar-refractivity contribution in [1.29, 1.82) is 0 Å². The van der Waals surface area contributed by atoms with Gasteiger partial charge >= 0.3 is 0 Å². The summed E-state index contributed by atoms with van der Waals surface area (Å²) in [5.74, 6) is 0.820. The van der Waals surface area contributed by atoms with Crippen LogP contribution in [0.25, 0.3) is 0 Å². The van der Waals surface area contributed by atoms with E-state index >= 15 is 0 Å². The van der Waals surface area contributed by atoms with E-state index in [1.54, 1.807) is 0 Å². The quantitative estimate of drug-likeness (QED) is 0.716. The molecule has 1 aliphatic rings. The Morgan fingerprint density at radius 1 is 1.29 bits per heavy atom. The predicted molar refractivity (Wildman–Crippen MR) is 60.4 cm³/mol. The van der Waals surface area contributed by atoms with Gasteiger partial charge < -0.3 is 5.32 Å². The Labute approximate surface area is 86.5 Å². The Morgan fingerprint density at radius 2 is 2.07 bits per heavy atom. The van der Waals surface area contributed by atoms with E-state index in [9.17, 15) is 0 Å². The molecule has 1 aliphatic heterocycles. The van der Waals surface area contributed by atoms with Crippen molar-refractivity contribution >= 4 is 0 Å². The van der Waals surface area contributed by atoms with Crippen LogP contribution in [0.5, 0.6) is 0 Å². The smallest absolute Gasteiger partial charge is 0.0325 e. The molecule has 1 fully saturated rings. The van der Waals surface area contributed by atoms with Crippen molar-refractivity contribution in [3.05, 3.63) is 34.9 Å². The number of hydrogen-bond donors (Lipinski definition) is 1. The van der Waals surface area contributed by atoms with Crippen molar-refractivity contribution in [2.24, 2.45) is 5.92 Å². The summed E-state index contributed by atoms with van der Waals surface area (Å²) in [6.45, 7) is 7.85. The molecule has 76 valence electrons. The summed E-state index contributed by atoms with van der Waals surface area (Å²) in [5.41, 5.74) is 4.27. The van der Waals surface area contributed by atoms with Crippen LogP contribution in [0.3, 0.4) is 0 Å². The van der Waals surface area contributed by atoms with Gasteiger partial charge in [-0.15, -0.1) is 0 Å². The summed E-state index contributed by atoms with van der Waals surface area (Å²) >= 11 is 0. The first-order valence-corrected chi connectivity index (χ1v) is 5.47. The predicted octanol–water partition coefficient (Wildman–Crippen LogP) is 2.97. The molecule has 1 nitrogen and oxygen atoms in total. The maximum absolute atomic E-state index is 3.58. The van der Waals surface area contributed by atoms with Gasteiger partial charge in [0.25, 0.3) is 0 Å². The van der Waals surface area contributed by atoms with Gasteiger partial charge in [0.15, 0.2) is 0 Å². The van der Waals surface area contributed by atoms with Gasteiger partial charge in [-0.1, -0.05) is 30.7 Å². The average molecular weight is 189 g/mol. The van der Waals surface area contributed by atoms with E-state index in [4.69, 9.17) is 0 Å². The van der Waals surface area contributed by atoms with Crippen LogP contribution in [0.4, 0.5) is 0 Å². The largest absolute Gasteiger partial charge is 0.310 e. The van der Waals surface area contributed by atoms with Gasteiger partial charge in [0, 0.05) is 6.04 Å². The van der Waals surface area contributed by atoms with Gasteiger partial charge in [0.05, 0.1) is 0 Å². The highest BCUT2D eigenvalue weighted by molar-refractivity contribution is 5.33. The van der Waals surface area contributed by atoms with Gasteiger partial charge in [0.2, 0.25) is 0 Å². The highest BCUT2D eigenvalue weighted by Gasteiger charge is 2.22. The number of hydrogen-bond acceptors (Lipinski definition) is 1. The molecular formula is C13H19N. The molecule has 0 radical (unpaired) electrons. The van der Waals surface area contributed by atoms with Gasteiger partial charge in [0.1, 0.15) is 0 Å². The van der Waals surface area contributed by atoms with Crippen LogP contribution in [0.1, 0.15) is 36.1 Å². The second-order valence-corrected chi connectivity index (χ2v) is 4.66.